The quantitative estimate of drug-likeness (QED) is 0.527. The molecule has 0 spiro atoms. The van der Waals surface area contributed by atoms with Crippen LogP contribution in [0.5, 0.6) is 0 Å². The number of rotatable bonds is 4. The van der Waals surface area contributed by atoms with E-state index in [1.54, 1.807) is 18.2 Å². The van der Waals surface area contributed by atoms with Gasteiger partial charge in [-0.05, 0) is 24.6 Å². The summed E-state index contributed by atoms with van der Waals surface area (Å²) in [5, 5.41) is 11.2. The highest BCUT2D eigenvalue weighted by molar-refractivity contribution is 5.75. The number of anilines is 2. The lowest BCUT2D eigenvalue weighted by Crippen LogP contribution is -2.18. The number of nitro groups is 1. The number of benzene rings is 2. The first-order chi connectivity index (χ1) is 9.49. The van der Waals surface area contributed by atoms with Crippen LogP contribution < -0.4 is 10.6 Å². The second kappa shape index (κ2) is 5.61. The van der Waals surface area contributed by atoms with Crippen molar-refractivity contribution in [2.45, 2.75) is 13.5 Å². The zero-order chi connectivity index (χ0) is 14.7. The highest BCUT2D eigenvalue weighted by Gasteiger charge is 2.20. The van der Waals surface area contributed by atoms with Crippen LogP contribution in [-0.2, 0) is 6.54 Å². The molecule has 0 aromatic heterocycles. The van der Waals surface area contributed by atoms with Gasteiger partial charge < -0.3 is 10.6 Å². The standard InChI is InChI=1S/C15H17N3O2/c1-11-5-3-6-12(9-11)10-17(2)14-8-4-7-13(16)15(14)18(19)20/h3-9H,10,16H2,1-2H3. The van der Waals surface area contributed by atoms with E-state index >= 15 is 0 Å². The summed E-state index contributed by atoms with van der Waals surface area (Å²) in [7, 11) is 1.82. The molecule has 0 heterocycles. The summed E-state index contributed by atoms with van der Waals surface area (Å²) in [5.41, 5.74) is 8.64. The van der Waals surface area contributed by atoms with Crippen molar-refractivity contribution in [3.05, 3.63) is 63.7 Å². The van der Waals surface area contributed by atoms with Crippen molar-refractivity contribution in [3.8, 4) is 0 Å². The molecule has 0 atom stereocenters. The van der Waals surface area contributed by atoms with Gasteiger partial charge in [-0.3, -0.25) is 10.1 Å². The Kier molecular flexibility index (Phi) is 3.89. The Balaban J connectivity index is 2.32. The van der Waals surface area contributed by atoms with Crippen molar-refractivity contribution in [2.24, 2.45) is 0 Å². The fourth-order valence-corrected chi connectivity index (χ4v) is 2.23. The Morgan fingerprint density at radius 2 is 1.95 bits per heavy atom. The lowest BCUT2D eigenvalue weighted by molar-refractivity contribution is -0.383. The first kappa shape index (κ1) is 13.9. The van der Waals surface area contributed by atoms with Crippen molar-refractivity contribution in [1.29, 1.82) is 0 Å². The Bertz CT molecular complexity index is 641. The minimum absolute atomic E-state index is 0.0392. The Hall–Kier alpha value is -2.56. The highest BCUT2D eigenvalue weighted by atomic mass is 16.6. The molecule has 0 aliphatic rings. The van der Waals surface area contributed by atoms with E-state index in [0.29, 0.717) is 12.2 Å². The van der Waals surface area contributed by atoms with Crippen molar-refractivity contribution in [1.82, 2.24) is 0 Å². The van der Waals surface area contributed by atoms with Crippen LogP contribution in [-0.4, -0.2) is 12.0 Å². The summed E-state index contributed by atoms with van der Waals surface area (Å²) >= 11 is 0. The Labute approximate surface area is 117 Å². The van der Waals surface area contributed by atoms with Gasteiger partial charge in [0.15, 0.2) is 0 Å². The van der Waals surface area contributed by atoms with Gasteiger partial charge in [-0.25, -0.2) is 0 Å². The second-order valence-electron chi connectivity index (χ2n) is 4.82. The van der Waals surface area contributed by atoms with Crippen molar-refractivity contribution >= 4 is 17.1 Å². The number of nitrogen functional groups attached to an aromatic ring is 1. The van der Waals surface area contributed by atoms with E-state index in [1.165, 1.54) is 0 Å². The molecule has 0 fully saturated rings. The lowest BCUT2D eigenvalue weighted by Gasteiger charge is -2.20. The van der Waals surface area contributed by atoms with Gasteiger partial charge in [-0.15, -0.1) is 0 Å². The monoisotopic (exact) mass is 271 g/mol. The van der Waals surface area contributed by atoms with Crippen molar-refractivity contribution < 1.29 is 4.92 Å². The Morgan fingerprint density at radius 1 is 1.25 bits per heavy atom. The van der Waals surface area contributed by atoms with E-state index in [-0.39, 0.29) is 11.4 Å². The maximum atomic E-state index is 11.2. The zero-order valence-corrected chi connectivity index (χ0v) is 11.5. The van der Waals surface area contributed by atoms with E-state index in [9.17, 15) is 10.1 Å². The number of para-hydroxylation sites is 1. The van der Waals surface area contributed by atoms with E-state index in [2.05, 4.69) is 6.07 Å². The van der Waals surface area contributed by atoms with Crippen LogP contribution in [0.25, 0.3) is 0 Å². The van der Waals surface area contributed by atoms with Crippen LogP contribution in [0.15, 0.2) is 42.5 Å². The summed E-state index contributed by atoms with van der Waals surface area (Å²) < 4.78 is 0. The largest absolute Gasteiger partial charge is 0.393 e. The molecule has 2 N–H and O–H groups in total. The lowest BCUT2D eigenvalue weighted by atomic mass is 10.1. The average Bonchev–Trinajstić information content (AvgIpc) is 2.37. The van der Waals surface area contributed by atoms with E-state index in [4.69, 9.17) is 5.73 Å². The third kappa shape index (κ3) is 2.88. The molecule has 0 saturated heterocycles. The van der Waals surface area contributed by atoms with Crippen LogP contribution in [0, 0.1) is 17.0 Å². The molecule has 0 saturated carbocycles. The molecule has 0 amide bonds. The van der Waals surface area contributed by atoms with Crippen LogP contribution in [0.2, 0.25) is 0 Å². The van der Waals surface area contributed by atoms with Crippen LogP contribution in [0.4, 0.5) is 17.1 Å². The zero-order valence-electron chi connectivity index (χ0n) is 11.5. The molecule has 104 valence electrons. The molecule has 0 radical (unpaired) electrons. The van der Waals surface area contributed by atoms with Crippen LogP contribution >= 0.6 is 0 Å². The number of nitro benzene ring substituents is 1. The molecule has 5 nitrogen and oxygen atoms in total. The number of hydrogen-bond donors (Lipinski definition) is 1. The third-order valence-corrected chi connectivity index (χ3v) is 3.14. The van der Waals surface area contributed by atoms with Gasteiger partial charge in [0.25, 0.3) is 0 Å². The fourth-order valence-electron chi connectivity index (χ4n) is 2.23. The summed E-state index contributed by atoms with van der Waals surface area (Å²) in [6, 6.07) is 13.0. The topological polar surface area (TPSA) is 72.4 Å². The molecule has 2 rings (SSSR count). The number of aryl methyl sites for hydroxylation is 1. The van der Waals surface area contributed by atoms with Gasteiger partial charge in [0.05, 0.1) is 4.92 Å². The van der Waals surface area contributed by atoms with E-state index in [0.717, 1.165) is 11.1 Å². The van der Waals surface area contributed by atoms with Crippen molar-refractivity contribution in [2.75, 3.05) is 17.7 Å². The normalized spacial score (nSPS) is 10.3. The molecule has 2 aromatic carbocycles. The molecule has 0 aliphatic heterocycles. The van der Waals surface area contributed by atoms with Gasteiger partial charge in [-0.2, -0.15) is 0 Å². The van der Waals surface area contributed by atoms with E-state index < -0.39 is 4.92 Å². The molecule has 20 heavy (non-hydrogen) atoms. The highest BCUT2D eigenvalue weighted by Crippen LogP contribution is 2.33. The molecular weight excluding hydrogens is 254 g/mol. The predicted octanol–water partition coefficient (Wildman–Crippen LogP) is 3.12. The summed E-state index contributed by atoms with van der Waals surface area (Å²) in [4.78, 5) is 12.6. The van der Waals surface area contributed by atoms with Gasteiger partial charge in [0.1, 0.15) is 11.4 Å². The maximum absolute atomic E-state index is 11.2. The SMILES string of the molecule is Cc1cccc(CN(C)c2cccc(N)c2[N+](=O)[O-])c1. The third-order valence-electron chi connectivity index (χ3n) is 3.14. The summed E-state index contributed by atoms with van der Waals surface area (Å²) in [6.07, 6.45) is 0. The smallest absolute Gasteiger partial charge is 0.315 e. The maximum Gasteiger partial charge on any atom is 0.315 e. The van der Waals surface area contributed by atoms with Gasteiger partial charge in [0, 0.05) is 13.6 Å². The first-order valence-corrected chi connectivity index (χ1v) is 6.28. The summed E-state index contributed by atoms with van der Waals surface area (Å²) in [6.45, 7) is 2.61. The first-order valence-electron chi connectivity index (χ1n) is 6.28. The van der Waals surface area contributed by atoms with Gasteiger partial charge in [0.2, 0.25) is 0 Å². The minimum atomic E-state index is -0.433. The summed E-state index contributed by atoms with van der Waals surface area (Å²) in [5.74, 6) is 0. The van der Waals surface area contributed by atoms with E-state index in [1.807, 2.05) is 37.1 Å². The average molecular weight is 271 g/mol. The number of nitrogens with zero attached hydrogens (tertiary/aromatic N) is 2. The van der Waals surface area contributed by atoms with Crippen LogP contribution in [0.3, 0.4) is 0 Å². The van der Waals surface area contributed by atoms with Crippen LogP contribution in [0.1, 0.15) is 11.1 Å². The number of nitrogens with two attached hydrogens (primary N) is 1. The molecule has 0 aliphatic carbocycles. The fraction of sp³-hybridized carbons (Fsp3) is 0.200. The van der Waals surface area contributed by atoms with Gasteiger partial charge >= 0.3 is 5.69 Å². The molecule has 5 heteroatoms. The Morgan fingerprint density at radius 3 is 2.60 bits per heavy atom. The predicted molar refractivity (Wildman–Crippen MR) is 80.8 cm³/mol. The van der Waals surface area contributed by atoms with Gasteiger partial charge in [-0.1, -0.05) is 35.9 Å². The molecular formula is C15H17N3O2. The molecule has 0 unspecified atom stereocenters. The van der Waals surface area contributed by atoms with Crippen molar-refractivity contribution in [3.63, 3.8) is 0 Å². The minimum Gasteiger partial charge on any atom is -0.393 e. The molecule has 2 aromatic rings. The second-order valence-corrected chi connectivity index (χ2v) is 4.82. The number of hydrogen-bond acceptors (Lipinski definition) is 4. The molecule has 0 bridgehead atoms.